The van der Waals surface area contributed by atoms with Gasteiger partial charge in [0.2, 0.25) is 0 Å². The van der Waals surface area contributed by atoms with Crippen molar-refractivity contribution in [3.8, 4) is 5.75 Å². The molecule has 1 aliphatic rings. The van der Waals surface area contributed by atoms with Gasteiger partial charge in [0.15, 0.2) is 0 Å². The number of nitrogens with one attached hydrogen (secondary N) is 1. The third-order valence-electron chi connectivity index (χ3n) is 4.08. The van der Waals surface area contributed by atoms with E-state index in [-0.39, 0.29) is 5.56 Å². The number of rotatable bonds is 3. The monoisotopic (exact) mass is 284 g/mol. The number of hydrogen-bond acceptors (Lipinski definition) is 3. The first-order valence-electron chi connectivity index (χ1n) is 7.50. The summed E-state index contributed by atoms with van der Waals surface area (Å²) in [5, 5.41) is 0.957. The molecule has 0 spiro atoms. The van der Waals surface area contributed by atoms with Crippen molar-refractivity contribution in [2.75, 3.05) is 7.11 Å². The van der Waals surface area contributed by atoms with Crippen LogP contribution >= 0.6 is 0 Å². The van der Waals surface area contributed by atoms with E-state index < -0.39 is 0 Å². The van der Waals surface area contributed by atoms with Crippen molar-refractivity contribution in [2.24, 2.45) is 4.99 Å². The highest BCUT2D eigenvalue weighted by atomic mass is 16.5. The lowest BCUT2D eigenvalue weighted by Crippen LogP contribution is -2.14. The molecule has 3 rings (SSSR count). The Hall–Kier alpha value is -2.10. The van der Waals surface area contributed by atoms with Gasteiger partial charge in [-0.15, -0.1) is 0 Å². The van der Waals surface area contributed by atoms with Crippen LogP contribution in [0, 0.1) is 0 Å². The number of benzene rings is 1. The summed E-state index contributed by atoms with van der Waals surface area (Å²) >= 11 is 0. The van der Waals surface area contributed by atoms with Crippen LogP contribution < -0.4 is 10.3 Å². The van der Waals surface area contributed by atoms with Gasteiger partial charge in [0, 0.05) is 23.2 Å². The van der Waals surface area contributed by atoms with Gasteiger partial charge in [-0.05, 0) is 37.1 Å². The molecule has 2 aromatic rings. The predicted octanol–water partition coefficient (Wildman–Crippen LogP) is 3.29. The minimum absolute atomic E-state index is 0.0905. The van der Waals surface area contributed by atoms with Gasteiger partial charge >= 0.3 is 0 Å². The number of aromatic nitrogens is 1. The van der Waals surface area contributed by atoms with Gasteiger partial charge in [0.25, 0.3) is 5.56 Å². The molecule has 4 nitrogen and oxygen atoms in total. The van der Waals surface area contributed by atoms with E-state index >= 15 is 0 Å². The van der Waals surface area contributed by atoms with Crippen LogP contribution in [0.25, 0.3) is 10.9 Å². The van der Waals surface area contributed by atoms with Crippen molar-refractivity contribution >= 4 is 17.1 Å². The minimum Gasteiger partial charge on any atom is -0.497 e. The number of aliphatic imine (C=N–C) groups is 1. The molecular formula is C17H20N2O2. The normalized spacial score (nSPS) is 16.6. The Bertz CT molecular complexity index is 712. The molecule has 0 saturated heterocycles. The summed E-state index contributed by atoms with van der Waals surface area (Å²) in [5.41, 5.74) is 1.34. The van der Waals surface area contributed by atoms with Crippen molar-refractivity contribution in [3.63, 3.8) is 0 Å². The Labute approximate surface area is 123 Å². The largest absolute Gasteiger partial charge is 0.497 e. The Morgan fingerprint density at radius 3 is 2.81 bits per heavy atom. The Kier molecular flexibility index (Phi) is 4.04. The number of hydrogen-bond donors (Lipinski definition) is 1. The quantitative estimate of drug-likeness (QED) is 0.879. The topological polar surface area (TPSA) is 54.5 Å². The van der Waals surface area contributed by atoms with E-state index in [4.69, 9.17) is 4.74 Å². The Morgan fingerprint density at radius 2 is 2.05 bits per heavy atom. The molecule has 0 atom stereocenters. The van der Waals surface area contributed by atoms with Crippen molar-refractivity contribution < 1.29 is 4.74 Å². The number of pyridine rings is 1. The van der Waals surface area contributed by atoms with Gasteiger partial charge in [-0.3, -0.25) is 9.79 Å². The first kappa shape index (κ1) is 13.9. The van der Waals surface area contributed by atoms with Gasteiger partial charge in [0.05, 0.1) is 12.7 Å². The van der Waals surface area contributed by atoms with Crippen molar-refractivity contribution in [1.29, 1.82) is 0 Å². The molecular weight excluding hydrogens is 264 g/mol. The lowest BCUT2D eigenvalue weighted by atomic mass is 9.96. The molecule has 21 heavy (non-hydrogen) atoms. The maximum Gasteiger partial charge on any atom is 0.257 e. The number of aromatic amines is 1. The number of H-pyrrole nitrogens is 1. The van der Waals surface area contributed by atoms with E-state index in [2.05, 4.69) is 9.98 Å². The first-order chi connectivity index (χ1) is 10.3. The molecule has 0 radical (unpaired) electrons. The smallest absolute Gasteiger partial charge is 0.257 e. The SMILES string of the molecule is COc1ccc2[nH]c(=O)c(C=NC3CCCCC3)cc2c1. The van der Waals surface area contributed by atoms with Crippen LogP contribution in [0.5, 0.6) is 5.75 Å². The fourth-order valence-electron chi connectivity index (χ4n) is 2.84. The van der Waals surface area contributed by atoms with Gasteiger partial charge in [-0.1, -0.05) is 19.3 Å². The van der Waals surface area contributed by atoms with Gasteiger partial charge in [-0.2, -0.15) is 0 Å². The highest BCUT2D eigenvalue weighted by Crippen LogP contribution is 2.21. The van der Waals surface area contributed by atoms with Gasteiger partial charge in [-0.25, -0.2) is 0 Å². The molecule has 1 saturated carbocycles. The lowest BCUT2D eigenvalue weighted by molar-refractivity contribution is 0.415. The third kappa shape index (κ3) is 3.15. The summed E-state index contributed by atoms with van der Waals surface area (Å²) in [6.45, 7) is 0. The van der Waals surface area contributed by atoms with Gasteiger partial charge in [0.1, 0.15) is 5.75 Å². The Morgan fingerprint density at radius 1 is 1.24 bits per heavy atom. The summed E-state index contributed by atoms with van der Waals surface area (Å²) in [4.78, 5) is 19.6. The number of fused-ring (bicyclic) bond motifs is 1. The van der Waals surface area contributed by atoms with Crippen LogP contribution in [-0.2, 0) is 0 Å². The molecule has 1 N–H and O–H groups in total. The molecule has 0 aliphatic heterocycles. The maximum atomic E-state index is 12.1. The zero-order valence-electron chi connectivity index (χ0n) is 12.3. The highest BCUT2D eigenvalue weighted by Gasteiger charge is 2.11. The van der Waals surface area contributed by atoms with E-state index in [1.165, 1.54) is 19.3 Å². The van der Waals surface area contributed by atoms with Gasteiger partial charge < -0.3 is 9.72 Å². The summed E-state index contributed by atoms with van der Waals surface area (Å²) in [6.07, 6.45) is 7.79. The maximum absolute atomic E-state index is 12.1. The van der Waals surface area contributed by atoms with E-state index in [0.717, 1.165) is 29.5 Å². The summed E-state index contributed by atoms with van der Waals surface area (Å²) in [7, 11) is 1.64. The third-order valence-corrected chi connectivity index (χ3v) is 4.08. The first-order valence-corrected chi connectivity index (χ1v) is 7.50. The van der Waals surface area contributed by atoms with Crippen LogP contribution in [0.3, 0.4) is 0 Å². The minimum atomic E-state index is -0.0905. The van der Waals surface area contributed by atoms with E-state index in [1.54, 1.807) is 13.3 Å². The average molecular weight is 284 g/mol. The zero-order valence-corrected chi connectivity index (χ0v) is 12.3. The average Bonchev–Trinajstić information content (AvgIpc) is 2.53. The molecule has 1 aromatic heterocycles. The van der Waals surface area contributed by atoms with Crippen LogP contribution in [0.2, 0.25) is 0 Å². The lowest BCUT2D eigenvalue weighted by Gasteiger charge is -2.16. The highest BCUT2D eigenvalue weighted by molar-refractivity contribution is 5.88. The van der Waals surface area contributed by atoms with E-state index in [9.17, 15) is 4.79 Å². The standard InChI is InChI=1S/C17H20N2O2/c1-21-15-7-8-16-12(10-15)9-13(17(20)19-16)11-18-14-5-3-2-4-6-14/h7-11,14H,2-6H2,1H3,(H,19,20). The van der Waals surface area contributed by atoms with Crippen molar-refractivity contribution in [1.82, 2.24) is 4.98 Å². The molecule has 4 heteroatoms. The fourth-order valence-corrected chi connectivity index (χ4v) is 2.84. The number of nitrogens with zero attached hydrogens (tertiary/aromatic N) is 1. The summed E-state index contributed by atoms with van der Waals surface area (Å²) in [5.74, 6) is 0.782. The van der Waals surface area contributed by atoms with Crippen LogP contribution in [-0.4, -0.2) is 24.4 Å². The number of methoxy groups -OCH3 is 1. The van der Waals surface area contributed by atoms with Crippen LogP contribution in [0.1, 0.15) is 37.7 Å². The summed E-state index contributed by atoms with van der Waals surface area (Å²) < 4.78 is 5.22. The Balaban J connectivity index is 1.91. The van der Waals surface area contributed by atoms with E-state index in [1.807, 2.05) is 24.3 Å². The van der Waals surface area contributed by atoms with Crippen molar-refractivity contribution in [3.05, 3.63) is 40.2 Å². The zero-order chi connectivity index (χ0) is 14.7. The molecule has 0 bridgehead atoms. The van der Waals surface area contributed by atoms with Crippen molar-refractivity contribution in [2.45, 2.75) is 38.1 Å². The second-order valence-corrected chi connectivity index (χ2v) is 5.58. The molecule has 1 fully saturated rings. The second-order valence-electron chi connectivity index (χ2n) is 5.58. The molecule has 110 valence electrons. The molecule has 1 aromatic carbocycles. The number of ether oxygens (including phenoxy) is 1. The molecule has 1 heterocycles. The molecule has 1 aliphatic carbocycles. The van der Waals surface area contributed by atoms with Crippen LogP contribution in [0.4, 0.5) is 0 Å². The van der Waals surface area contributed by atoms with Crippen LogP contribution in [0.15, 0.2) is 34.1 Å². The fraction of sp³-hybridized carbons (Fsp3) is 0.412. The molecule has 0 unspecified atom stereocenters. The second kappa shape index (κ2) is 6.12. The molecule has 0 amide bonds. The summed E-state index contributed by atoms with van der Waals surface area (Å²) in [6, 6.07) is 7.87. The van der Waals surface area contributed by atoms with E-state index in [0.29, 0.717) is 11.6 Å². The predicted molar refractivity (Wildman–Crippen MR) is 85.6 cm³/mol.